The third kappa shape index (κ3) is 3.63. The number of piperidine rings is 1. The molecule has 2 atom stereocenters. The van der Waals surface area contributed by atoms with E-state index < -0.39 is 0 Å². The molecule has 0 unspecified atom stereocenters. The van der Waals surface area contributed by atoms with Gasteiger partial charge in [-0.05, 0) is 36.8 Å². The van der Waals surface area contributed by atoms with Crippen LogP contribution in [0.4, 0.5) is 0 Å². The number of benzene rings is 1. The van der Waals surface area contributed by atoms with Crippen LogP contribution in [0.1, 0.15) is 31.2 Å². The van der Waals surface area contributed by atoms with E-state index in [0.29, 0.717) is 18.4 Å². The number of carbonyl (C=O) groups is 2. The summed E-state index contributed by atoms with van der Waals surface area (Å²) in [6.07, 6.45) is 7.04. The predicted molar refractivity (Wildman–Crippen MR) is 90.6 cm³/mol. The number of amides is 2. The van der Waals surface area contributed by atoms with Gasteiger partial charge in [-0.1, -0.05) is 30.3 Å². The van der Waals surface area contributed by atoms with Gasteiger partial charge in [0.15, 0.2) is 0 Å². The Morgan fingerprint density at radius 3 is 2.78 bits per heavy atom. The zero-order valence-electron chi connectivity index (χ0n) is 13.6. The molecule has 2 aliphatic rings. The minimum Gasteiger partial charge on any atom is -0.342 e. The van der Waals surface area contributed by atoms with Crippen LogP contribution in [-0.2, 0) is 9.59 Å². The number of fused-ring (bicyclic) bond motifs is 1. The van der Waals surface area contributed by atoms with Crippen LogP contribution in [0.3, 0.4) is 0 Å². The predicted octanol–water partition coefficient (Wildman–Crippen LogP) is 2.56. The first-order valence-corrected chi connectivity index (χ1v) is 8.43. The Labute approximate surface area is 137 Å². The van der Waals surface area contributed by atoms with Gasteiger partial charge in [-0.25, -0.2) is 0 Å². The van der Waals surface area contributed by atoms with E-state index in [-0.39, 0.29) is 11.8 Å². The second-order valence-corrected chi connectivity index (χ2v) is 6.54. The largest absolute Gasteiger partial charge is 0.342 e. The summed E-state index contributed by atoms with van der Waals surface area (Å²) in [7, 11) is 1.91. The molecule has 2 fully saturated rings. The minimum absolute atomic E-state index is 0.0746. The molecule has 23 heavy (non-hydrogen) atoms. The average molecular weight is 312 g/mol. The Balaban J connectivity index is 1.63. The van der Waals surface area contributed by atoms with E-state index >= 15 is 0 Å². The molecule has 0 bridgehead atoms. The molecular formula is C19H24N2O2. The summed E-state index contributed by atoms with van der Waals surface area (Å²) in [5.74, 6) is 0.737. The second kappa shape index (κ2) is 6.99. The molecule has 4 nitrogen and oxygen atoms in total. The van der Waals surface area contributed by atoms with Crippen molar-refractivity contribution in [2.45, 2.75) is 31.7 Å². The van der Waals surface area contributed by atoms with Gasteiger partial charge in [0.05, 0.1) is 0 Å². The normalized spacial score (nSPS) is 25.3. The van der Waals surface area contributed by atoms with Gasteiger partial charge in [0, 0.05) is 38.7 Å². The van der Waals surface area contributed by atoms with E-state index in [2.05, 4.69) is 0 Å². The first-order valence-electron chi connectivity index (χ1n) is 8.43. The van der Waals surface area contributed by atoms with Crippen LogP contribution in [0, 0.1) is 5.92 Å². The highest BCUT2D eigenvalue weighted by atomic mass is 16.2. The Hall–Kier alpha value is -2.10. The Morgan fingerprint density at radius 1 is 1.22 bits per heavy atom. The average Bonchev–Trinajstić information content (AvgIpc) is 2.72. The van der Waals surface area contributed by atoms with E-state index in [1.165, 1.54) is 0 Å². The van der Waals surface area contributed by atoms with Crippen LogP contribution in [0.25, 0.3) is 6.08 Å². The van der Waals surface area contributed by atoms with Gasteiger partial charge in [0.25, 0.3) is 0 Å². The van der Waals surface area contributed by atoms with Crippen molar-refractivity contribution in [3.63, 3.8) is 0 Å². The minimum atomic E-state index is 0.0746. The monoisotopic (exact) mass is 312 g/mol. The van der Waals surface area contributed by atoms with E-state index in [4.69, 9.17) is 0 Å². The molecule has 3 rings (SSSR count). The summed E-state index contributed by atoms with van der Waals surface area (Å²) in [5.41, 5.74) is 1.04. The zero-order valence-corrected chi connectivity index (χ0v) is 13.6. The topological polar surface area (TPSA) is 40.6 Å². The molecular weight excluding hydrogens is 288 g/mol. The number of rotatable bonds is 2. The highest BCUT2D eigenvalue weighted by molar-refractivity contribution is 5.91. The lowest BCUT2D eigenvalue weighted by Crippen LogP contribution is -2.51. The molecule has 122 valence electrons. The van der Waals surface area contributed by atoms with Crippen LogP contribution in [0.15, 0.2) is 36.4 Å². The van der Waals surface area contributed by atoms with Crippen LogP contribution < -0.4 is 0 Å². The van der Waals surface area contributed by atoms with Crippen molar-refractivity contribution in [3.05, 3.63) is 42.0 Å². The first kappa shape index (κ1) is 15.8. The van der Waals surface area contributed by atoms with Crippen molar-refractivity contribution >= 4 is 17.9 Å². The van der Waals surface area contributed by atoms with Crippen LogP contribution in [-0.4, -0.2) is 47.8 Å². The molecule has 2 amide bonds. The van der Waals surface area contributed by atoms with Crippen molar-refractivity contribution in [2.24, 2.45) is 5.92 Å². The second-order valence-electron chi connectivity index (χ2n) is 6.54. The SMILES string of the molecule is CN1C(=O)CCC[C@@H]2CN(C(=O)/C=C/c3ccccc3)CC[C@H]21. The maximum Gasteiger partial charge on any atom is 0.246 e. The number of hydrogen-bond acceptors (Lipinski definition) is 2. The summed E-state index contributed by atoms with van der Waals surface area (Å²) in [5, 5.41) is 0. The maximum atomic E-state index is 12.4. The lowest BCUT2D eigenvalue weighted by Gasteiger charge is -2.41. The Bertz CT molecular complexity index is 597. The fourth-order valence-corrected chi connectivity index (χ4v) is 3.73. The zero-order chi connectivity index (χ0) is 16.2. The third-order valence-electron chi connectivity index (χ3n) is 5.08. The molecule has 4 heteroatoms. The number of likely N-dealkylation sites (tertiary alicyclic amines) is 2. The van der Waals surface area contributed by atoms with Gasteiger partial charge in [-0.3, -0.25) is 9.59 Å². The van der Waals surface area contributed by atoms with E-state index in [9.17, 15) is 9.59 Å². The van der Waals surface area contributed by atoms with Crippen LogP contribution in [0.5, 0.6) is 0 Å². The quantitative estimate of drug-likeness (QED) is 0.788. The van der Waals surface area contributed by atoms with Crippen molar-refractivity contribution in [2.75, 3.05) is 20.1 Å². The molecule has 0 N–H and O–H groups in total. The highest BCUT2D eigenvalue weighted by Gasteiger charge is 2.36. The Morgan fingerprint density at radius 2 is 2.00 bits per heavy atom. The molecule has 0 saturated carbocycles. The summed E-state index contributed by atoms with van der Waals surface area (Å²) < 4.78 is 0. The van der Waals surface area contributed by atoms with Gasteiger partial charge in [0.1, 0.15) is 0 Å². The molecule has 0 aliphatic carbocycles. The van der Waals surface area contributed by atoms with E-state index in [0.717, 1.165) is 37.9 Å². The molecule has 1 aromatic rings. The maximum absolute atomic E-state index is 12.4. The van der Waals surface area contributed by atoms with Crippen molar-refractivity contribution in [1.29, 1.82) is 0 Å². The highest BCUT2D eigenvalue weighted by Crippen LogP contribution is 2.29. The first-order chi connectivity index (χ1) is 11.1. The van der Waals surface area contributed by atoms with Crippen LogP contribution >= 0.6 is 0 Å². The smallest absolute Gasteiger partial charge is 0.246 e. The van der Waals surface area contributed by atoms with Gasteiger partial charge in [0.2, 0.25) is 11.8 Å². The number of nitrogens with zero attached hydrogens (tertiary/aromatic N) is 2. The summed E-state index contributed by atoms with van der Waals surface area (Å²) in [4.78, 5) is 28.3. The molecule has 1 aromatic carbocycles. The lowest BCUT2D eigenvalue weighted by atomic mass is 9.88. The molecule has 2 aliphatic heterocycles. The van der Waals surface area contributed by atoms with Gasteiger partial charge >= 0.3 is 0 Å². The van der Waals surface area contributed by atoms with Crippen molar-refractivity contribution in [1.82, 2.24) is 9.80 Å². The molecule has 2 saturated heterocycles. The standard InChI is InChI=1S/C19H24N2O2/c1-20-17-12-13-21(14-16(17)8-5-9-18(20)22)19(23)11-10-15-6-3-2-4-7-15/h2-4,6-7,10-11,16-17H,5,8-9,12-14H2,1H3/b11-10+/t16-,17-/m1/s1. The van der Waals surface area contributed by atoms with Crippen LogP contribution in [0.2, 0.25) is 0 Å². The summed E-state index contributed by atoms with van der Waals surface area (Å²) in [6, 6.07) is 10.2. The van der Waals surface area contributed by atoms with Crippen molar-refractivity contribution in [3.8, 4) is 0 Å². The molecule has 0 spiro atoms. The van der Waals surface area contributed by atoms with Crippen molar-refractivity contribution < 1.29 is 9.59 Å². The molecule has 0 aromatic heterocycles. The van der Waals surface area contributed by atoms with Gasteiger partial charge in [-0.15, -0.1) is 0 Å². The summed E-state index contributed by atoms with van der Waals surface area (Å²) in [6.45, 7) is 1.50. The van der Waals surface area contributed by atoms with Gasteiger partial charge in [-0.2, -0.15) is 0 Å². The van der Waals surface area contributed by atoms with Gasteiger partial charge < -0.3 is 9.80 Å². The fourth-order valence-electron chi connectivity index (χ4n) is 3.73. The summed E-state index contributed by atoms with van der Waals surface area (Å²) >= 11 is 0. The number of hydrogen-bond donors (Lipinski definition) is 0. The third-order valence-corrected chi connectivity index (χ3v) is 5.08. The fraction of sp³-hybridized carbons (Fsp3) is 0.474. The molecule has 2 heterocycles. The van der Waals surface area contributed by atoms with E-state index in [1.807, 2.05) is 53.3 Å². The Kier molecular flexibility index (Phi) is 4.79. The number of carbonyl (C=O) groups excluding carboxylic acids is 2. The lowest BCUT2D eigenvalue weighted by molar-refractivity contribution is -0.134. The van der Waals surface area contributed by atoms with E-state index in [1.54, 1.807) is 6.08 Å². The molecule has 0 radical (unpaired) electrons.